The molecule has 2 unspecified atom stereocenters. The molecule has 1 aliphatic rings. The molecule has 0 saturated carbocycles. The molecule has 0 spiro atoms. The summed E-state index contributed by atoms with van der Waals surface area (Å²) < 4.78 is 0. The fourth-order valence-electron chi connectivity index (χ4n) is 3.99. The van der Waals surface area contributed by atoms with Crippen molar-refractivity contribution in [1.82, 2.24) is 4.90 Å². The lowest BCUT2D eigenvalue weighted by Gasteiger charge is -2.37. The average molecular weight is 289 g/mol. The maximum atomic E-state index is 10.8. The molecule has 0 radical (unpaired) electrons. The van der Waals surface area contributed by atoms with Crippen LogP contribution in [0.1, 0.15) is 67.4 Å². The molecule has 2 nitrogen and oxygen atoms in total. The van der Waals surface area contributed by atoms with Crippen molar-refractivity contribution < 1.29 is 5.11 Å². The van der Waals surface area contributed by atoms with Crippen LogP contribution < -0.4 is 0 Å². The molecule has 0 aromatic heterocycles. The van der Waals surface area contributed by atoms with E-state index < -0.39 is 0 Å². The fraction of sp³-hybridized carbons (Fsp3) is 0.684. The number of likely N-dealkylation sites (tertiary alicyclic amines) is 1. The Morgan fingerprint density at radius 3 is 2.48 bits per heavy atom. The molecule has 2 atom stereocenters. The Balaban J connectivity index is 2.11. The van der Waals surface area contributed by atoms with Crippen LogP contribution in [0.15, 0.2) is 12.1 Å². The van der Waals surface area contributed by atoms with Crippen LogP contribution in [-0.2, 0) is 0 Å². The lowest BCUT2D eigenvalue weighted by molar-refractivity contribution is 0.0629. The topological polar surface area (TPSA) is 23.5 Å². The van der Waals surface area contributed by atoms with E-state index in [0.29, 0.717) is 6.04 Å². The molecule has 1 aliphatic heterocycles. The molecule has 1 saturated heterocycles. The Labute approximate surface area is 130 Å². The minimum atomic E-state index is -0.358. The van der Waals surface area contributed by atoms with Crippen molar-refractivity contribution in [2.45, 2.75) is 71.9 Å². The summed E-state index contributed by atoms with van der Waals surface area (Å²) >= 11 is 0. The summed E-state index contributed by atoms with van der Waals surface area (Å²) in [5.74, 6) is 0. The molecular weight excluding hydrogens is 258 g/mol. The second-order valence-corrected chi connectivity index (χ2v) is 6.76. The molecule has 1 fully saturated rings. The van der Waals surface area contributed by atoms with Crippen molar-refractivity contribution in [2.24, 2.45) is 0 Å². The van der Waals surface area contributed by atoms with Gasteiger partial charge in [-0.25, -0.2) is 0 Å². The van der Waals surface area contributed by atoms with E-state index in [4.69, 9.17) is 0 Å². The maximum Gasteiger partial charge on any atom is 0.0922 e. The number of aliphatic hydroxyl groups is 1. The van der Waals surface area contributed by atoms with Crippen LogP contribution in [0.4, 0.5) is 0 Å². The summed E-state index contributed by atoms with van der Waals surface area (Å²) in [5.41, 5.74) is 4.87. The van der Waals surface area contributed by atoms with Crippen LogP contribution in [0.25, 0.3) is 0 Å². The van der Waals surface area contributed by atoms with Crippen LogP contribution >= 0.6 is 0 Å². The SMILES string of the molecule is CCCC1CCCCN1CC(O)c1c(C)cc(C)cc1C. The van der Waals surface area contributed by atoms with Crippen LogP contribution in [0.3, 0.4) is 0 Å². The quantitative estimate of drug-likeness (QED) is 0.873. The standard InChI is InChI=1S/C19H31NO/c1-5-8-17-9-6-7-10-20(17)13-18(21)19-15(3)11-14(2)12-16(19)4/h11-12,17-18,21H,5-10,13H2,1-4H3. The van der Waals surface area contributed by atoms with Gasteiger partial charge < -0.3 is 5.11 Å². The largest absolute Gasteiger partial charge is 0.387 e. The van der Waals surface area contributed by atoms with Gasteiger partial charge in [-0.05, 0) is 63.3 Å². The van der Waals surface area contributed by atoms with Crippen molar-refractivity contribution in [3.05, 3.63) is 34.4 Å². The minimum absolute atomic E-state index is 0.358. The van der Waals surface area contributed by atoms with Gasteiger partial charge in [-0.2, -0.15) is 0 Å². The Morgan fingerprint density at radius 2 is 1.86 bits per heavy atom. The lowest BCUT2D eigenvalue weighted by atomic mass is 9.93. The molecule has 2 heteroatoms. The number of β-amino-alcohol motifs (C(OH)–C–C–N with tert-alkyl or cyclic N) is 1. The first-order chi connectivity index (χ1) is 10.0. The first-order valence-electron chi connectivity index (χ1n) is 8.52. The number of nitrogens with zero attached hydrogens (tertiary/aromatic N) is 1. The molecule has 1 aromatic rings. The molecule has 118 valence electrons. The molecule has 1 aromatic carbocycles. The van der Waals surface area contributed by atoms with E-state index in [1.807, 2.05) is 0 Å². The number of aliphatic hydroxyl groups excluding tert-OH is 1. The van der Waals surface area contributed by atoms with E-state index >= 15 is 0 Å². The van der Waals surface area contributed by atoms with Crippen molar-refractivity contribution in [3.8, 4) is 0 Å². The number of hydrogen-bond donors (Lipinski definition) is 1. The Hall–Kier alpha value is -0.860. The molecule has 1 heterocycles. The highest BCUT2D eigenvalue weighted by Crippen LogP contribution is 2.28. The summed E-state index contributed by atoms with van der Waals surface area (Å²) in [6.07, 6.45) is 6.06. The number of piperidine rings is 1. The summed E-state index contributed by atoms with van der Waals surface area (Å²) in [6.45, 7) is 10.6. The van der Waals surface area contributed by atoms with Gasteiger partial charge in [0.2, 0.25) is 0 Å². The van der Waals surface area contributed by atoms with Crippen molar-refractivity contribution >= 4 is 0 Å². The fourth-order valence-corrected chi connectivity index (χ4v) is 3.99. The third-order valence-corrected chi connectivity index (χ3v) is 4.85. The number of benzene rings is 1. The predicted molar refractivity (Wildman–Crippen MR) is 89.7 cm³/mol. The normalized spacial score (nSPS) is 21.5. The zero-order valence-electron chi connectivity index (χ0n) is 14.2. The molecule has 0 amide bonds. The van der Waals surface area contributed by atoms with Gasteiger partial charge in [0, 0.05) is 12.6 Å². The highest BCUT2D eigenvalue weighted by molar-refractivity contribution is 5.39. The van der Waals surface area contributed by atoms with Crippen molar-refractivity contribution in [2.75, 3.05) is 13.1 Å². The van der Waals surface area contributed by atoms with E-state index in [-0.39, 0.29) is 6.10 Å². The van der Waals surface area contributed by atoms with Crippen LogP contribution in [-0.4, -0.2) is 29.1 Å². The summed E-state index contributed by atoms with van der Waals surface area (Å²) in [7, 11) is 0. The van der Waals surface area contributed by atoms with Gasteiger partial charge in [0.25, 0.3) is 0 Å². The van der Waals surface area contributed by atoms with E-state index in [1.54, 1.807) is 0 Å². The second kappa shape index (κ2) is 7.42. The van der Waals surface area contributed by atoms with Gasteiger partial charge in [0.1, 0.15) is 0 Å². The first-order valence-corrected chi connectivity index (χ1v) is 8.52. The third-order valence-electron chi connectivity index (χ3n) is 4.85. The smallest absolute Gasteiger partial charge is 0.0922 e. The van der Waals surface area contributed by atoms with E-state index in [2.05, 4.69) is 44.7 Å². The predicted octanol–water partition coefficient (Wildman–Crippen LogP) is 4.30. The van der Waals surface area contributed by atoms with Gasteiger partial charge in [0.05, 0.1) is 6.10 Å². The Kier molecular flexibility index (Phi) is 5.83. The molecule has 2 rings (SSSR count). The molecular formula is C19H31NO. The van der Waals surface area contributed by atoms with Gasteiger partial charge in [0.15, 0.2) is 0 Å². The number of aryl methyl sites for hydroxylation is 3. The Morgan fingerprint density at radius 1 is 1.19 bits per heavy atom. The summed E-state index contributed by atoms with van der Waals surface area (Å²) in [4.78, 5) is 2.52. The average Bonchev–Trinajstić information content (AvgIpc) is 2.40. The number of hydrogen-bond acceptors (Lipinski definition) is 2. The second-order valence-electron chi connectivity index (χ2n) is 6.76. The monoisotopic (exact) mass is 289 g/mol. The van der Waals surface area contributed by atoms with E-state index in [9.17, 15) is 5.11 Å². The molecule has 0 aliphatic carbocycles. The van der Waals surface area contributed by atoms with Gasteiger partial charge in [-0.15, -0.1) is 0 Å². The lowest BCUT2D eigenvalue weighted by Crippen LogP contribution is -2.42. The van der Waals surface area contributed by atoms with Gasteiger partial charge in [-0.3, -0.25) is 4.90 Å². The van der Waals surface area contributed by atoms with Crippen molar-refractivity contribution in [3.63, 3.8) is 0 Å². The molecule has 1 N–H and O–H groups in total. The molecule has 21 heavy (non-hydrogen) atoms. The highest BCUT2D eigenvalue weighted by Gasteiger charge is 2.25. The summed E-state index contributed by atoms with van der Waals surface area (Å²) in [5, 5.41) is 10.8. The third kappa shape index (κ3) is 4.08. The number of rotatable bonds is 5. The van der Waals surface area contributed by atoms with Gasteiger partial charge >= 0.3 is 0 Å². The summed E-state index contributed by atoms with van der Waals surface area (Å²) in [6, 6.07) is 5.04. The maximum absolute atomic E-state index is 10.8. The van der Waals surface area contributed by atoms with E-state index in [1.165, 1.54) is 48.8 Å². The Bertz CT molecular complexity index is 444. The highest BCUT2D eigenvalue weighted by atomic mass is 16.3. The van der Waals surface area contributed by atoms with Crippen LogP contribution in [0.5, 0.6) is 0 Å². The molecule has 0 bridgehead atoms. The van der Waals surface area contributed by atoms with E-state index in [0.717, 1.165) is 18.7 Å². The van der Waals surface area contributed by atoms with Crippen molar-refractivity contribution in [1.29, 1.82) is 0 Å². The van der Waals surface area contributed by atoms with Crippen LogP contribution in [0.2, 0.25) is 0 Å². The minimum Gasteiger partial charge on any atom is -0.387 e. The zero-order chi connectivity index (χ0) is 15.4. The zero-order valence-corrected chi connectivity index (χ0v) is 14.2. The first kappa shape index (κ1) is 16.5. The van der Waals surface area contributed by atoms with Crippen LogP contribution in [0, 0.1) is 20.8 Å². The van der Waals surface area contributed by atoms with Gasteiger partial charge in [-0.1, -0.05) is 37.5 Å².